The summed E-state index contributed by atoms with van der Waals surface area (Å²) in [5.41, 5.74) is 1.87. The maximum absolute atomic E-state index is 12.1. The van der Waals surface area contributed by atoms with Gasteiger partial charge in [-0.3, -0.25) is 13.7 Å². The second-order valence-corrected chi connectivity index (χ2v) is 6.06. The maximum Gasteiger partial charge on any atom is 0.306 e. The van der Waals surface area contributed by atoms with Gasteiger partial charge in [0.25, 0.3) is 0 Å². The molecule has 0 aliphatic rings. The van der Waals surface area contributed by atoms with E-state index in [1.165, 1.54) is 7.11 Å². The van der Waals surface area contributed by atoms with Gasteiger partial charge in [0.1, 0.15) is 0 Å². The van der Waals surface area contributed by atoms with E-state index in [2.05, 4.69) is 9.84 Å². The second kappa shape index (κ2) is 6.68. The number of rotatable bonds is 6. The van der Waals surface area contributed by atoms with Gasteiger partial charge in [-0.15, -0.1) is 0 Å². The molecule has 0 spiro atoms. The molecule has 0 aliphatic heterocycles. The monoisotopic (exact) mass is 272 g/mol. The van der Waals surface area contributed by atoms with E-state index in [1.54, 1.807) is 6.92 Å². The Bertz CT molecular complexity index is 443. The fourth-order valence-corrected chi connectivity index (χ4v) is 2.82. The number of ether oxygens (including phenoxy) is 1. The van der Waals surface area contributed by atoms with Crippen molar-refractivity contribution >= 4 is 16.8 Å². The molecule has 1 aromatic heterocycles. The lowest BCUT2D eigenvalue weighted by Gasteiger charge is -2.10. The molecule has 0 amide bonds. The van der Waals surface area contributed by atoms with Crippen molar-refractivity contribution in [1.82, 2.24) is 9.78 Å². The van der Waals surface area contributed by atoms with E-state index in [9.17, 15) is 9.00 Å². The molecule has 1 rings (SSSR count). The summed E-state index contributed by atoms with van der Waals surface area (Å²) in [5.74, 6) is 0.100. The number of aromatic nitrogens is 2. The van der Waals surface area contributed by atoms with Crippen molar-refractivity contribution in [1.29, 1.82) is 0 Å². The lowest BCUT2D eigenvalue weighted by molar-refractivity contribution is -0.140. The zero-order valence-corrected chi connectivity index (χ0v) is 12.1. The Balaban J connectivity index is 2.66. The lowest BCUT2D eigenvalue weighted by Crippen LogP contribution is -2.19. The van der Waals surface area contributed by atoms with Crippen molar-refractivity contribution in [2.45, 2.75) is 44.7 Å². The van der Waals surface area contributed by atoms with E-state index in [1.807, 2.05) is 24.6 Å². The predicted molar refractivity (Wildman–Crippen MR) is 70.6 cm³/mol. The van der Waals surface area contributed by atoms with Crippen LogP contribution in [0, 0.1) is 6.92 Å². The van der Waals surface area contributed by atoms with Gasteiger partial charge in [0, 0.05) is 22.6 Å². The van der Waals surface area contributed by atoms with Crippen LogP contribution in [0.25, 0.3) is 0 Å². The molecule has 0 aromatic carbocycles. The Hall–Kier alpha value is -1.17. The third-order valence-electron chi connectivity index (χ3n) is 2.71. The molecule has 2 unspecified atom stereocenters. The molecule has 102 valence electrons. The highest BCUT2D eigenvalue weighted by molar-refractivity contribution is 7.84. The molecule has 1 heterocycles. The average molecular weight is 272 g/mol. The molecule has 0 saturated carbocycles. The first-order valence-electron chi connectivity index (χ1n) is 5.95. The van der Waals surface area contributed by atoms with Crippen molar-refractivity contribution < 1.29 is 13.7 Å². The number of hydrogen-bond acceptors (Lipinski definition) is 4. The molecule has 0 bridgehead atoms. The highest BCUT2D eigenvalue weighted by Crippen LogP contribution is 2.12. The highest BCUT2D eigenvalue weighted by Gasteiger charge is 2.18. The quantitative estimate of drug-likeness (QED) is 0.735. The molecule has 1 aromatic rings. The summed E-state index contributed by atoms with van der Waals surface area (Å²) >= 11 is 0. The number of carbonyl (C=O) groups is 1. The second-order valence-electron chi connectivity index (χ2n) is 4.21. The zero-order chi connectivity index (χ0) is 13.7. The predicted octanol–water partition coefficient (Wildman–Crippen LogP) is 1.41. The normalized spacial score (nSPS) is 14.2. The number of aryl methyl sites for hydroxylation is 2. The van der Waals surface area contributed by atoms with Crippen LogP contribution in [0.4, 0.5) is 0 Å². The third kappa shape index (κ3) is 3.94. The first kappa shape index (κ1) is 14.9. The van der Waals surface area contributed by atoms with Crippen LogP contribution in [0.3, 0.4) is 0 Å². The zero-order valence-electron chi connectivity index (χ0n) is 11.3. The standard InChI is InChI=1S/C12H20N2O3S/c1-5-14-11(6-9(2)13-14)8-18(16)10(3)7-12(15)17-4/h6,10H,5,7-8H2,1-4H3. The van der Waals surface area contributed by atoms with Gasteiger partial charge in [-0.2, -0.15) is 5.10 Å². The maximum atomic E-state index is 12.1. The Morgan fingerprint density at radius 1 is 1.61 bits per heavy atom. The van der Waals surface area contributed by atoms with Gasteiger partial charge in [-0.25, -0.2) is 0 Å². The minimum absolute atomic E-state index is 0.183. The lowest BCUT2D eigenvalue weighted by atomic mass is 10.3. The van der Waals surface area contributed by atoms with Gasteiger partial charge in [-0.05, 0) is 19.9 Å². The van der Waals surface area contributed by atoms with Crippen molar-refractivity contribution in [3.63, 3.8) is 0 Å². The smallest absolute Gasteiger partial charge is 0.306 e. The summed E-state index contributed by atoms with van der Waals surface area (Å²) in [5, 5.41) is 4.10. The molecule has 0 saturated heterocycles. The third-order valence-corrected chi connectivity index (χ3v) is 4.35. The molecule has 0 N–H and O–H groups in total. The first-order chi connectivity index (χ1) is 8.47. The average Bonchev–Trinajstić information content (AvgIpc) is 2.68. The van der Waals surface area contributed by atoms with Gasteiger partial charge in [0.15, 0.2) is 0 Å². The van der Waals surface area contributed by atoms with Crippen LogP contribution >= 0.6 is 0 Å². The van der Waals surface area contributed by atoms with E-state index >= 15 is 0 Å². The van der Waals surface area contributed by atoms with Gasteiger partial charge in [0.2, 0.25) is 0 Å². The van der Waals surface area contributed by atoms with E-state index in [0.717, 1.165) is 17.9 Å². The van der Waals surface area contributed by atoms with Gasteiger partial charge in [-0.1, -0.05) is 6.92 Å². The minimum atomic E-state index is -1.10. The molecule has 0 aliphatic carbocycles. The number of carbonyl (C=O) groups excluding carboxylic acids is 1. The minimum Gasteiger partial charge on any atom is -0.469 e. The van der Waals surface area contributed by atoms with E-state index in [4.69, 9.17) is 0 Å². The molecule has 0 fully saturated rings. The van der Waals surface area contributed by atoms with Crippen LogP contribution in [-0.2, 0) is 32.6 Å². The molecule has 5 nitrogen and oxygen atoms in total. The number of nitrogens with zero attached hydrogens (tertiary/aromatic N) is 2. The summed E-state index contributed by atoms with van der Waals surface area (Å²) in [6.45, 7) is 6.46. The number of methoxy groups -OCH3 is 1. The van der Waals surface area contributed by atoms with E-state index in [0.29, 0.717) is 5.75 Å². The van der Waals surface area contributed by atoms with E-state index in [-0.39, 0.29) is 17.6 Å². The highest BCUT2D eigenvalue weighted by atomic mass is 32.2. The first-order valence-corrected chi connectivity index (χ1v) is 7.33. The molecular formula is C12H20N2O3S. The Morgan fingerprint density at radius 2 is 2.28 bits per heavy atom. The van der Waals surface area contributed by atoms with Crippen molar-refractivity contribution in [2.24, 2.45) is 0 Å². The van der Waals surface area contributed by atoms with Crippen molar-refractivity contribution in [3.05, 3.63) is 17.5 Å². The summed E-state index contributed by atoms with van der Waals surface area (Å²) in [6, 6.07) is 1.94. The summed E-state index contributed by atoms with van der Waals surface area (Å²) in [4.78, 5) is 11.1. The Kier molecular flexibility index (Phi) is 5.53. The van der Waals surface area contributed by atoms with Crippen LogP contribution in [-0.4, -0.2) is 32.3 Å². The fourth-order valence-electron chi connectivity index (χ4n) is 1.69. The molecule has 18 heavy (non-hydrogen) atoms. The molecule has 2 atom stereocenters. The largest absolute Gasteiger partial charge is 0.469 e. The van der Waals surface area contributed by atoms with Crippen LogP contribution in [0.15, 0.2) is 6.07 Å². The van der Waals surface area contributed by atoms with Crippen molar-refractivity contribution in [2.75, 3.05) is 7.11 Å². The fraction of sp³-hybridized carbons (Fsp3) is 0.667. The van der Waals surface area contributed by atoms with Crippen LogP contribution in [0.2, 0.25) is 0 Å². The summed E-state index contributed by atoms with van der Waals surface area (Å²) in [6.07, 6.45) is 0.183. The van der Waals surface area contributed by atoms with Crippen LogP contribution in [0.5, 0.6) is 0 Å². The molecule has 6 heteroatoms. The Morgan fingerprint density at radius 3 is 2.83 bits per heavy atom. The van der Waals surface area contributed by atoms with Crippen LogP contribution in [0.1, 0.15) is 31.7 Å². The van der Waals surface area contributed by atoms with Gasteiger partial charge < -0.3 is 4.74 Å². The van der Waals surface area contributed by atoms with E-state index < -0.39 is 10.8 Å². The SMILES string of the molecule is CCn1nc(C)cc1CS(=O)C(C)CC(=O)OC. The van der Waals surface area contributed by atoms with Gasteiger partial charge in [0.05, 0.1) is 30.7 Å². The van der Waals surface area contributed by atoms with Crippen molar-refractivity contribution in [3.8, 4) is 0 Å². The van der Waals surface area contributed by atoms with Crippen LogP contribution < -0.4 is 0 Å². The topological polar surface area (TPSA) is 61.2 Å². The number of esters is 1. The van der Waals surface area contributed by atoms with Gasteiger partial charge >= 0.3 is 5.97 Å². The number of hydrogen-bond donors (Lipinski definition) is 0. The Labute approximate surface area is 110 Å². The summed E-state index contributed by atoms with van der Waals surface area (Å²) < 4.78 is 18.5. The summed E-state index contributed by atoms with van der Waals surface area (Å²) in [7, 11) is 0.243. The molecule has 0 radical (unpaired) electrons. The molecular weight excluding hydrogens is 252 g/mol.